The molecule has 2 rings (SSSR count). The Bertz CT molecular complexity index is 617. The maximum atomic E-state index is 13.3. The van der Waals surface area contributed by atoms with Crippen LogP contribution in [-0.2, 0) is 6.61 Å². The summed E-state index contributed by atoms with van der Waals surface area (Å²) in [5.41, 5.74) is -1.00. The third-order valence-corrected chi connectivity index (χ3v) is 2.51. The molecule has 0 aliphatic carbocycles. The summed E-state index contributed by atoms with van der Waals surface area (Å²) in [6.07, 6.45) is 1.75. The van der Waals surface area contributed by atoms with Gasteiger partial charge in [-0.15, -0.1) is 0 Å². The molecule has 0 atom stereocenters. The maximum Gasteiger partial charge on any atom is 0.511 e. The van der Waals surface area contributed by atoms with Gasteiger partial charge in [0.05, 0.1) is 6.20 Å². The van der Waals surface area contributed by atoms with Gasteiger partial charge in [-0.2, -0.15) is 0 Å². The fourth-order valence-electron chi connectivity index (χ4n) is 1.51. The van der Waals surface area contributed by atoms with Crippen LogP contribution in [0.5, 0.6) is 5.75 Å². The molecule has 106 valence electrons. The lowest BCUT2D eigenvalue weighted by Gasteiger charge is -2.15. The van der Waals surface area contributed by atoms with Gasteiger partial charge in [-0.1, -0.05) is 5.46 Å². The summed E-state index contributed by atoms with van der Waals surface area (Å²) >= 11 is 0. The van der Waals surface area contributed by atoms with Gasteiger partial charge in [0.15, 0.2) is 0 Å². The number of pyridine rings is 1. The van der Waals surface area contributed by atoms with Gasteiger partial charge in [0, 0.05) is 11.8 Å². The number of hydrogen-bond donors (Lipinski definition) is 0. The van der Waals surface area contributed by atoms with Crippen molar-refractivity contribution in [3.63, 3.8) is 0 Å². The maximum absolute atomic E-state index is 13.3. The summed E-state index contributed by atoms with van der Waals surface area (Å²) in [6.45, 7) is -5.58. The predicted octanol–water partition coefficient (Wildman–Crippen LogP) is 2.99. The number of ether oxygens (including phenoxy) is 1. The smallest absolute Gasteiger partial charge is 0.487 e. The zero-order chi connectivity index (χ0) is 14.8. The fraction of sp³-hybridized carbons (Fsp3) is 0.0833. The molecule has 0 saturated heterocycles. The molecule has 0 spiro atoms. The second-order valence-corrected chi connectivity index (χ2v) is 4.05. The summed E-state index contributed by atoms with van der Waals surface area (Å²) < 4.78 is 68.7. The molecule has 2 nitrogen and oxygen atoms in total. The molecule has 0 saturated carbocycles. The van der Waals surface area contributed by atoms with E-state index in [2.05, 4.69) is 4.98 Å². The van der Waals surface area contributed by atoms with Gasteiger partial charge in [0.2, 0.25) is 0 Å². The summed E-state index contributed by atoms with van der Waals surface area (Å²) in [4.78, 5) is 3.41. The van der Waals surface area contributed by atoms with Crippen LogP contribution in [0.3, 0.4) is 0 Å². The average molecular weight is 288 g/mol. The number of rotatable bonds is 4. The predicted molar refractivity (Wildman–Crippen MR) is 63.6 cm³/mol. The van der Waals surface area contributed by atoms with E-state index < -0.39 is 24.1 Å². The van der Waals surface area contributed by atoms with Crippen LogP contribution in [0.2, 0.25) is 0 Å². The normalized spacial score (nSPS) is 11.4. The first-order valence-corrected chi connectivity index (χ1v) is 5.58. The van der Waals surface area contributed by atoms with Crippen LogP contribution in [0.4, 0.5) is 21.7 Å². The number of nitrogens with zero attached hydrogens (tertiary/aromatic N) is 1. The van der Waals surface area contributed by atoms with E-state index in [4.69, 9.17) is 4.74 Å². The molecular formula is C12H8BF5NO-. The number of hydrogen-bond acceptors (Lipinski definition) is 2. The highest BCUT2D eigenvalue weighted by atomic mass is 19.4. The van der Waals surface area contributed by atoms with Crippen molar-refractivity contribution < 1.29 is 26.5 Å². The monoisotopic (exact) mass is 288 g/mol. The summed E-state index contributed by atoms with van der Waals surface area (Å²) in [5, 5.41) is 0. The van der Waals surface area contributed by atoms with Crippen molar-refractivity contribution in [2.24, 2.45) is 0 Å². The molecule has 0 fully saturated rings. The van der Waals surface area contributed by atoms with Crippen molar-refractivity contribution in [2.45, 2.75) is 6.61 Å². The van der Waals surface area contributed by atoms with E-state index in [-0.39, 0.29) is 17.9 Å². The molecule has 2 aromatic rings. The highest BCUT2D eigenvalue weighted by molar-refractivity contribution is 6.73. The summed E-state index contributed by atoms with van der Waals surface area (Å²) in [5.74, 6) is -1.52. The molecule has 8 heteroatoms. The van der Waals surface area contributed by atoms with Gasteiger partial charge < -0.3 is 17.7 Å². The van der Waals surface area contributed by atoms with Gasteiger partial charge in [0.25, 0.3) is 0 Å². The number of benzene rings is 1. The SMILES string of the molecule is Fc1ccc(F)c(COc2cncc([B-](F)(F)F)c2)c1. The molecule has 0 unspecified atom stereocenters. The Morgan fingerprint density at radius 3 is 2.50 bits per heavy atom. The highest BCUT2D eigenvalue weighted by Gasteiger charge is 2.26. The third kappa shape index (κ3) is 3.46. The lowest BCUT2D eigenvalue weighted by Crippen LogP contribution is -2.34. The van der Waals surface area contributed by atoms with Gasteiger partial charge in [-0.05, 0) is 24.3 Å². The van der Waals surface area contributed by atoms with E-state index in [1.807, 2.05) is 0 Å². The van der Waals surface area contributed by atoms with Gasteiger partial charge in [-0.3, -0.25) is 4.98 Å². The van der Waals surface area contributed by atoms with E-state index >= 15 is 0 Å². The summed E-state index contributed by atoms with van der Waals surface area (Å²) in [7, 11) is 0. The van der Waals surface area contributed by atoms with Gasteiger partial charge in [0.1, 0.15) is 24.0 Å². The van der Waals surface area contributed by atoms with Crippen LogP contribution in [0.15, 0.2) is 36.7 Å². The van der Waals surface area contributed by atoms with Crippen molar-refractivity contribution in [3.8, 4) is 5.75 Å². The zero-order valence-electron chi connectivity index (χ0n) is 9.99. The van der Waals surface area contributed by atoms with Crippen LogP contribution >= 0.6 is 0 Å². The van der Waals surface area contributed by atoms with Crippen molar-refractivity contribution in [1.29, 1.82) is 0 Å². The lowest BCUT2D eigenvalue weighted by molar-refractivity contribution is 0.298. The second kappa shape index (κ2) is 5.48. The van der Waals surface area contributed by atoms with Crippen LogP contribution in [0.1, 0.15) is 5.56 Å². The molecule has 0 radical (unpaired) electrons. The number of aromatic nitrogens is 1. The molecule has 0 aliphatic heterocycles. The Labute approximate surface area is 111 Å². The van der Waals surface area contributed by atoms with E-state index in [1.165, 1.54) is 0 Å². The Balaban J connectivity index is 2.13. The lowest BCUT2D eigenvalue weighted by atomic mass is 9.81. The minimum Gasteiger partial charge on any atom is -0.487 e. The zero-order valence-corrected chi connectivity index (χ0v) is 9.99. The Hall–Kier alpha value is -2.12. The van der Waals surface area contributed by atoms with Crippen molar-refractivity contribution in [2.75, 3.05) is 0 Å². The first kappa shape index (κ1) is 14.3. The van der Waals surface area contributed by atoms with Crippen molar-refractivity contribution in [1.82, 2.24) is 4.98 Å². The molecular weight excluding hydrogens is 280 g/mol. The minimum absolute atomic E-state index is 0.0899. The standard InChI is InChI=1S/C12H8BF5NO/c14-10-1-2-12(15)8(3-10)7-20-11-4-9(5-19-6-11)13(16,17)18/h1-6H,7H2/q-1. The molecule has 0 aliphatic rings. The number of halogens is 5. The van der Waals surface area contributed by atoms with Crippen LogP contribution < -0.4 is 10.2 Å². The van der Waals surface area contributed by atoms with E-state index in [0.29, 0.717) is 6.20 Å². The van der Waals surface area contributed by atoms with E-state index in [9.17, 15) is 21.7 Å². The summed E-state index contributed by atoms with van der Waals surface area (Å²) in [6, 6.07) is 3.54. The highest BCUT2D eigenvalue weighted by Crippen LogP contribution is 2.16. The quantitative estimate of drug-likeness (QED) is 0.637. The van der Waals surface area contributed by atoms with Gasteiger partial charge >= 0.3 is 6.98 Å². The van der Waals surface area contributed by atoms with E-state index in [0.717, 1.165) is 30.5 Å². The molecule has 1 aromatic heterocycles. The van der Waals surface area contributed by atoms with Crippen molar-refractivity contribution in [3.05, 3.63) is 53.9 Å². The molecule has 0 bridgehead atoms. The Kier molecular flexibility index (Phi) is 3.92. The van der Waals surface area contributed by atoms with Crippen LogP contribution in [0, 0.1) is 11.6 Å². The van der Waals surface area contributed by atoms with Crippen molar-refractivity contribution >= 4 is 12.4 Å². The second-order valence-electron chi connectivity index (χ2n) is 4.05. The molecule has 1 aromatic carbocycles. The fourth-order valence-corrected chi connectivity index (χ4v) is 1.51. The molecule has 0 amide bonds. The first-order valence-electron chi connectivity index (χ1n) is 5.58. The first-order chi connectivity index (χ1) is 9.36. The third-order valence-electron chi connectivity index (χ3n) is 2.51. The molecule has 20 heavy (non-hydrogen) atoms. The van der Waals surface area contributed by atoms with Crippen LogP contribution in [0.25, 0.3) is 0 Å². The topological polar surface area (TPSA) is 22.1 Å². The Morgan fingerprint density at radius 1 is 1.05 bits per heavy atom. The average Bonchev–Trinajstić information content (AvgIpc) is 2.39. The van der Waals surface area contributed by atoms with Crippen LogP contribution in [-0.4, -0.2) is 12.0 Å². The molecule has 1 heterocycles. The minimum atomic E-state index is -5.19. The largest absolute Gasteiger partial charge is 0.511 e. The van der Waals surface area contributed by atoms with E-state index in [1.54, 1.807) is 0 Å². The van der Waals surface area contributed by atoms with Gasteiger partial charge in [-0.25, -0.2) is 8.78 Å². The molecule has 0 N–H and O–H groups in total. The Morgan fingerprint density at radius 2 is 1.80 bits per heavy atom.